The maximum atomic E-state index is 10.6. The van der Waals surface area contributed by atoms with E-state index in [9.17, 15) is 4.79 Å². The van der Waals surface area contributed by atoms with E-state index in [0.29, 0.717) is 6.42 Å². The zero-order chi connectivity index (χ0) is 8.55. The minimum atomic E-state index is -0.786. The van der Waals surface area contributed by atoms with Crippen LogP contribution in [0.3, 0.4) is 0 Å². The third-order valence-electron chi connectivity index (χ3n) is 2.07. The van der Waals surface area contributed by atoms with E-state index in [1.54, 1.807) is 0 Å². The van der Waals surface area contributed by atoms with Crippen molar-refractivity contribution in [1.29, 1.82) is 0 Å². The molecule has 0 bridgehead atoms. The second-order valence-electron chi connectivity index (χ2n) is 2.90. The quantitative estimate of drug-likeness (QED) is 0.752. The molecule has 2 rings (SSSR count). The molecule has 0 spiro atoms. The van der Waals surface area contributed by atoms with E-state index in [4.69, 9.17) is 5.11 Å². The summed E-state index contributed by atoms with van der Waals surface area (Å²) in [4.78, 5) is 10.6. The van der Waals surface area contributed by atoms with Crippen LogP contribution in [0.2, 0.25) is 0 Å². The average Bonchev–Trinajstić information content (AvgIpc) is 2.46. The Balaban J connectivity index is 0.000000845. The minimum Gasteiger partial charge on any atom is -0.480 e. The topological polar surface area (TPSA) is 49.3 Å². The Kier molecular flexibility index (Phi) is 3.14. The summed E-state index contributed by atoms with van der Waals surface area (Å²) in [6.45, 7) is 0. The molecule has 1 radical (unpaired) electrons. The Labute approximate surface area is 91.7 Å². The molecule has 4 heteroatoms. The van der Waals surface area contributed by atoms with Crippen LogP contribution in [0.15, 0.2) is 24.3 Å². The number of benzene rings is 1. The van der Waals surface area contributed by atoms with Gasteiger partial charge in [-0.3, -0.25) is 0 Å². The van der Waals surface area contributed by atoms with E-state index in [0.717, 1.165) is 11.3 Å². The number of nitrogens with one attached hydrogen (secondary N) is 1. The number of para-hydroxylation sites is 1. The number of hydrogen-bond donors (Lipinski definition) is 2. The molecule has 1 unspecified atom stereocenters. The van der Waals surface area contributed by atoms with Crippen molar-refractivity contribution in [2.45, 2.75) is 12.5 Å². The average molecular weight is 271 g/mol. The van der Waals surface area contributed by atoms with Crippen LogP contribution in [0.5, 0.6) is 0 Å². The molecular formula is C9H9AgNO2. The largest absolute Gasteiger partial charge is 0.480 e. The summed E-state index contributed by atoms with van der Waals surface area (Å²) in [5, 5.41) is 11.7. The van der Waals surface area contributed by atoms with Crippen molar-refractivity contribution in [2.75, 3.05) is 5.32 Å². The number of rotatable bonds is 1. The van der Waals surface area contributed by atoms with Gasteiger partial charge in [-0.2, -0.15) is 0 Å². The summed E-state index contributed by atoms with van der Waals surface area (Å²) >= 11 is 0. The number of carboxylic acid groups (broad SMARTS) is 1. The zero-order valence-electron chi connectivity index (χ0n) is 6.75. The van der Waals surface area contributed by atoms with Gasteiger partial charge in [-0.25, -0.2) is 4.79 Å². The van der Waals surface area contributed by atoms with Gasteiger partial charge in [0.05, 0.1) is 0 Å². The third-order valence-corrected chi connectivity index (χ3v) is 2.07. The molecule has 1 heterocycles. The fourth-order valence-corrected chi connectivity index (χ4v) is 1.45. The molecule has 13 heavy (non-hydrogen) atoms. The number of anilines is 1. The van der Waals surface area contributed by atoms with Gasteiger partial charge in [0.25, 0.3) is 0 Å². The SMILES string of the molecule is O=C(O)C1Cc2ccccc2N1.[Ag]. The van der Waals surface area contributed by atoms with E-state index in [-0.39, 0.29) is 22.4 Å². The molecule has 2 N–H and O–H groups in total. The predicted octanol–water partition coefficient (Wildman–Crippen LogP) is 1.11. The first-order valence-electron chi connectivity index (χ1n) is 3.84. The van der Waals surface area contributed by atoms with Crippen molar-refractivity contribution in [1.82, 2.24) is 0 Å². The van der Waals surface area contributed by atoms with Crippen molar-refractivity contribution in [3.63, 3.8) is 0 Å². The van der Waals surface area contributed by atoms with E-state index in [1.165, 1.54) is 0 Å². The van der Waals surface area contributed by atoms with Crippen LogP contribution in [0.4, 0.5) is 5.69 Å². The monoisotopic (exact) mass is 270 g/mol. The van der Waals surface area contributed by atoms with Crippen LogP contribution < -0.4 is 5.32 Å². The molecule has 1 aromatic rings. The summed E-state index contributed by atoms with van der Waals surface area (Å²) in [5.41, 5.74) is 2.04. The van der Waals surface area contributed by atoms with Crippen LogP contribution >= 0.6 is 0 Å². The van der Waals surface area contributed by atoms with Crippen molar-refractivity contribution >= 4 is 11.7 Å². The van der Waals surface area contributed by atoms with Crippen LogP contribution in [0.25, 0.3) is 0 Å². The maximum Gasteiger partial charge on any atom is 0.326 e. The fraction of sp³-hybridized carbons (Fsp3) is 0.222. The third kappa shape index (κ3) is 1.94. The first-order valence-corrected chi connectivity index (χ1v) is 3.84. The smallest absolute Gasteiger partial charge is 0.326 e. The number of carboxylic acids is 1. The van der Waals surface area contributed by atoms with Crippen molar-refractivity contribution in [3.05, 3.63) is 29.8 Å². The number of fused-ring (bicyclic) bond motifs is 1. The number of aliphatic carboxylic acids is 1. The Bertz CT molecular complexity index is 302. The molecule has 3 nitrogen and oxygen atoms in total. The molecule has 0 saturated carbocycles. The summed E-state index contributed by atoms with van der Waals surface area (Å²) in [6, 6.07) is 7.23. The Morgan fingerprint density at radius 1 is 1.46 bits per heavy atom. The Morgan fingerprint density at radius 3 is 2.77 bits per heavy atom. The first-order chi connectivity index (χ1) is 5.77. The Hall–Kier alpha value is -0.770. The van der Waals surface area contributed by atoms with Gasteiger partial charge in [0.15, 0.2) is 0 Å². The standard InChI is InChI=1S/C9H9NO2.Ag/c11-9(12)8-5-6-3-1-2-4-7(6)10-8;/h1-4,8,10H,5H2,(H,11,12);. The first kappa shape index (κ1) is 10.3. The molecule has 73 valence electrons. The number of carbonyl (C=O) groups is 1. The molecule has 1 aliphatic rings. The van der Waals surface area contributed by atoms with Gasteiger partial charge in [-0.1, -0.05) is 18.2 Å². The van der Waals surface area contributed by atoms with Crippen molar-refractivity contribution in [2.24, 2.45) is 0 Å². The van der Waals surface area contributed by atoms with Gasteiger partial charge in [0.1, 0.15) is 6.04 Å². The molecule has 0 aromatic heterocycles. The second kappa shape index (κ2) is 3.96. The zero-order valence-corrected chi connectivity index (χ0v) is 8.23. The normalized spacial score (nSPS) is 18.3. The second-order valence-corrected chi connectivity index (χ2v) is 2.90. The van der Waals surface area contributed by atoms with Crippen LogP contribution in [-0.2, 0) is 33.6 Å². The van der Waals surface area contributed by atoms with Gasteiger partial charge >= 0.3 is 5.97 Å². The summed E-state index contributed by atoms with van der Waals surface area (Å²) < 4.78 is 0. The van der Waals surface area contributed by atoms with E-state index in [2.05, 4.69) is 5.32 Å². The molecule has 0 aliphatic carbocycles. The van der Waals surface area contributed by atoms with Crippen molar-refractivity contribution < 1.29 is 32.3 Å². The van der Waals surface area contributed by atoms with Gasteiger partial charge in [-0.05, 0) is 11.6 Å². The van der Waals surface area contributed by atoms with E-state index >= 15 is 0 Å². The summed E-state index contributed by atoms with van der Waals surface area (Å²) in [6.07, 6.45) is 0.589. The predicted molar refractivity (Wildman–Crippen MR) is 45.2 cm³/mol. The molecule has 1 atom stereocenters. The maximum absolute atomic E-state index is 10.6. The molecule has 0 amide bonds. The summed E-state index contributed by atoms with van der Waals surface area (Å²) in [7, 11) is 0. The fourth-order valence-electron chi connectivity index (χ4n) is 1.45. The van der Waals surface area contributed by atoms with Crippen LogP contribution in [-0.4, -0.2) is 17.1 Å². The molecule has 0 fully saturated rings. The van der Waals surface area contributed by atoms with Crippen molar-refractivity contribution in [3.8, 4) is 0 Å². The molecule has 0 saturated heterocycles. The Morgan fingerprint density at radius 2 is 2.15 bits per heavy atom. The minimum absolute atomic E-state index is 0. The molecular weight excluding hydrogens is 262 g/mol. The molecule has 1 aromatic carbocycles. The van der Waals surface area contributed by atoms with E-state index in [1.807, 2.05) is 24.3 Å². The van der Waals surface area contributed by atoms with Crippen LogP contribution in [0, 0.1) is 0 Å². The summed E-state index contributed by atoms with van der Waals surface area (Å²) in [5.74, 6) is -0.786. The van der Waals surface area contributed by atoms with Gasteiger partial charge < -0.3 is 10.4 Å². The van der Waals surface area contributed by atoms with Gasteiger partial charge in [0.2, 0.25) is 0 Å². The van der Waals surface area contributed by atoms with Gasteiger partial charge in [-0.15, -0.1) is 0 Å². The molecule has 1 aliphatic heterocycles. The number of hydrogen-bond acceptors (Lipinski definition) is 2. The van der Waals surface area contributed by atoms with Gasteiger partial charge in [0, 0.05) is 34.5 Å². The van der Waals surface area contributed by atoms with Crippen LogP contribution in [0.1, 0.15) is 5.56 Å². The van der Waals surface area contributed by atoms with E-state index < -0.39 is 12.0 Å².